The number of rotatable bonds is 8. The molecule has 1 saturated carbocycles. The molecule has 1 aliphatic carbocycles. The normalized spacial score (nSPS) is 16.7. The number of carbonyl (C=O) groups is 1. The summed E-state index contributed by atoms with van der Waals surface area (Å²) in [6.45, 7) is 2.61. The first-order valence-corrected chi connectivity index (χ1v) is 13.6. The predicted octanol–water partition coefficient (Wildman–Crippen LogP) is 6.61. The van der Waals surface area contributed by atoms with Crippen LogP contribution in [-0.4, -0.2) is 27.3 Å². The first-order valence-electron chi connectivity index (χ1n) is 12.6. The molecule has 9 heteroatoms. The van der Waals surface area contributed by atoms with E-state index in [2.05, 4.69) is 17.2 Å². The second-order valence-electron chi connectivity index (χ2n) is 9.77. The summed E-state index contributed by atoms with van der Waals surface area (Å²) in [5, 5.41) is 2.93. The van der Waals surface area contributed by atoms with Crippen molar-refractivity contribution < 1.29 is 22.7 Å². The number of alkyl halides is 3. The van der Waals surface area contributed by atoms with Crippen LogP contribution in [0.5, 0.6) is 5.75 Å². The van der Waals surface area contributed by atoms with E-state index in [-0.39, 0.29) is 24.0 Å². The minimum atomic E-state index is -3.26. The van der Waals surface area contributed by atoms with E-state index in [0.29, 0.717) is 47.1 Å². The fourth-order valence-electron chi connectivity index (χ4n) is 4.87. The number of amides is 1. The molecule has 3 aromatic carbocycles. The molecule has 196 valence electrons. The first kappa shape index (κ1) is 24.9. The topological polar surface area (TPSA) is 56.2 Å². The van der Waals surface area contributed by atoms with Gasteiger partial charge in [0.15, 0.2) is 5.67 Å². The quantitative estimate of drug-likeness (QED) is 0.257. The van der Waals surface area contributed by atoms with Crippen LogP contribution < -0.4 is 10.1 Å². The molecule has 1 fully saturated rings. The standard InChI is InChI=1S/C29H26F3N3O2S/c1-2-38-22-9-6-18(7-10-22)16-33-26(36)19-8-11-24-23(14-19)34-27(28(30)12-13-28)35(24)17-21-5-3-4-20-15-29(31,32)37-25(20)21/h3-11,14H,2,12-13,15-17H2,1H3,(H,33,36). The van der Waals surface area contributed by atoms with Crippen LogP contribution in [-0.2, 0) is 25.2 Å². The largest absolute Gasteiger partial charge is 0.432 e. The van der Waals surface area contributed by atoms with Crippen LogP contribution >= 0.6 is 11.8 Å². The Morgan fingerprint density at radius 3 is 2.63 bits per heavy atom. The minimum Gasteiger partial charge on any atom is -0.432 e. The zero-order valence-corrected chi connectivity index (χ0v) is 21.6. The van der Waals surface area contributed by atoms with Gasteiger partial charge in [-0.3, -0.25) is 4.79 Å². The van der Waals surface area contributed by atoms with Crippen molar-refractivity contribution in [3.8, 4) is 5.75 Å². The highest BCUT2D eigenvalue weighted by Gasteiger charge is 2.49. The summed E-state index contributed by atoms with van der Waals surface area (Å²) in [6, 6.07) is 18.2. The number of nitrogens with one attached hydrogen (secondary N) is 1. The molecule has 0 saturated heterocycles. The Kier molecular flexibility index (Phi) is 6.13. The number of carbonyl (C=O) groups excluding carboxylic acids is 1. The molecule has 0 atom stereocenters. The van der Waals surface area contributed by atoms with Gasteiger partial charge in [-0.15, -0.1) is 11.8 Å². The lowest BCUT2D eigenvalue weighted by Crippen LogP contribution is -2.22. The maximum Gasteiger partial charge on any atom is 0.402 e. The molecule has 38 heavy (non-hydrogen) atoms. The first-order chi connectivity index (χ1) is 18.2. The molecule has 1 N–H and O–H groups in total. The molecular weight excluding hydrogens is 511 g/mol. The Labute approximate surface area is 222 Å². The van der Waals surface area contributed by atoms with Gasteiger partial charge in [-0.25, -0.2) is 9.37 Å². The van der Waals surface area contributed by atoms with E-state index in [1.54, 1.807) is 52.7 Å². The van der Waals surface area contributed by atoms with Crippen molar-refractivity contribution in [2.24, 2.45) is 0 Å². The van der Waals surface area contributed by atoms with Crippen LogP contribution in [0.25, 0.3) is 11.0 Å². The number of fused-ring (bicyclic) bond motifs is 2. The van der Waals surface area contributed by atoms with E-state index < -0.39 is 18.2 Å². The fourth-order valence-corrected chi connectivity index (χ4v) is 5.53. The van der Waals surface area contributed by atoms with Crippen LogP contribution in [0.15, 0.2) is 65.6 Å². The molecule has 2 heterocycles. The molecule has 1 aliphatic heterocycles. The van der Waals surface area contributed by atoms with Gasteiger partial charge in [0.1, 0.15) is 11.6 Å². The summed E-state index contributed by atoms with van der Waals surface area (Å²) in [4.78, 5) is 18.7. The van der Waals surface area contributed by atoms with Gasteiger partial charge in [-0.2, -0.15) is 8.78 Å². The van der Waals surface area contributed by atoms with Crippen molar-refractivity contribution in [3.05, 3.63) is 88.7 Å². The number of benzene rings is 3. The molecule has 0 radical (unpaired) electrons. The van der Waals surface area contributed by atoms with E-state index in [1.807, 2.05) is 24.3 Å². The Morgan fingerprint density at radius 2 is 1.89 bits per heavy atom. The van der Waals surface area contributed by atoms with E-state index in [9.17, 15) is 13.6 Å². The summed E-state index contributed by atoms with van der Waals surface area (Å²) in [6.07, 6.45) is -3.04. The molecule has 1 aromatic heterocycles. The number of thioether (sulfide) groups is 1. The average Bonchev–Trinajstić information content (AvgIpc) is 3.40. The van der Waals surface area contributed by atoms with Crippen molar-refractivity contribution in [2.45, 2.75) is 55.9 Å². The molecule has 5 nitrogen and oxygen atoms in total. The zero-order valence-electron chi connectivity index (χ0n) is 20.8. The SMILES string of the molecule is CCSc1ccc(CNC(=O)c2ccc3c(c2)nc(C2(F)CC2)n3Cc2cccc3c2OC(F)(F)C3)cc1. The fraction of sp³-hybridized carbons (Fsp3) is 0.310. The number of hydrogen-bond donors (Lipinski definition) is 1. The number of aromatic nitrogens is 2. The highest BCUT2D eigenvalue weighted by atomic mass is 32.2. The van der Waals surface area contributed by atoms with Gasteiger partial charge in [0, 0.05) is 28.1 Å². The van der Waals surface area contributed by atoms with E-state index in [1.165, 1.54) is 4.90 Å². The lowest BCUT2D eigenvalue weighted by atomic mass is 10.1. The second kappa shape index (κ2) is 9.38. The van der Waals surface area contributed by atoms with Crippen LogP contribution in [0.3, 0.4) is 0 Å². The van der Waals surface area contributed by atoms with Gasteiger partial charge in [-0.05, 0) is 54.5 Å². The lowest BCUT2D eigenvalue weighted by molar-refractivity contribution is -0.159. The van der Waals surface area contributed by atoms with Crippen molar-refractivity contribution in [3.63, 3.8) is 0 Å². The van der Waals surface area contributed by atoms with E-state index in [4.69, 9.17) is 4.74 Å². The molecule has 6 rings (SSSR count). The Hall–Kier alpha value is -3.46. The molecule has 0 unspecified atom stereocenters. The average molecular weight is 538 g/mol. The Bertz CT molecular complexity index is 1530. The number of ether oxygens (including phenoxy) is 1. The van der Waals surface area contributed by atoms with Crippen LogP contribution in [0.1, 0.15) is 52.6 Å². The third-order valence-electron chi connectivity index (χ3n) is 6.94. The Balaban J connectivity index is 1.26. The molecule has 0 bridgehead atoms. The van der Waals surface area contributed by atoms with Crippen LogP contribution in [0.2, 0.25) is 0 Å². The maximum atomic E-state index is 15.4. The monoisotopic (exact) mass is 537 g/mol. The predicted molar refractivity (Wildman–Crippen MR) is 141 cm³/mol. The van der Waals surface area contributed by atoms with Crippen LogP contribution in [0.4, 0.5) is 13.2 Å². The highest BCUT2D eigenvalue weighted by molar-refractivity contribution is 7.99. The van der Waals surface area contributed by atoms with Gasteiger partial charge in [0.05, 0.1) is 24.0 Å². The number of hydrogen-bond acceptors (Lipinski definition) is 4. The number of nitrogens with zero attached hydrogens (tertiary/aromatic N) is 2. The summed E-state index contributed by atoms with van der Waals surface area (Å²) >= 11 is 1.76. The van der Waals surface area contributed by atoms with Gasteiger partial charge in [0.2, 0.25) is 0 Å². The van der Waals surface area contributed by atoms with Gasteiger partial charge < -0.3 is 14.6 Å². The third kappa shape index (κ3) is 4.75. The molecule has 2 aliphatic rings. The second-order valence-corrected chi connectivity index (χ2v) is 11.1. The third-order valence-corrected chi connectivity index (χ3v) is 7.84. The van der Waals surface area contributed by atoms with Crippen molar-refractivity contribution in [1.82, 2.24) is 14.9 Å². The van der Waals surface area contributed by atoms with Crippen molar-refractivity contribution in [1.29, 1.82) is 0 Å². The lowest BCUT2D eigenvalue weighted by Gasteiger charge is -2.15. The van der Waals surface area contributed by atoms with Gasteiger partial charge in [0.25, 0.3) is 5.91 Å². The van der Waals surface area contributed by atoms with E-state index in [0.717, 1.165) is 11.3 Å². The molecule has 0 spiro atoms. The zero-order chi connectivity index (χ0) is 26.5. The van der Waals surface area contributed by atoms with Crippen molar-refractivity contribution >= 4 is 28.7 Å². The van der Waals surface area contributed by atoms with Gasteiger partial charge >= 0.3 is 6.11 Å². The summed E-state index contributed by atoms with van der Waals surface area (Å²) < 4.78 is 49.9. The number of halogens is 3. The highest BCUT2D eigenvalue weighted by Crippen LogP contribution is 2.50. The summed E-state index contributed by atoms with van der Waals surface area (Å²) in [5.41, 5.74) is 1.92. The van der Waals surface area contributed by atoms with E-state index >= 15 is 4.39 Å². The molecule has 1 amide bonds. The minimum absolute atomic E-state index is 0.134. The Morgan fingerprint density at radius 1 is 1.11 bits per heavy atom. The summed E-state index contributed by atoms with van der Waals surface area (Å²) in [5.74, 6) is 1.13. The number of imidazole rings is 1. The van der Waals surface area contributed by atoms with Crippen molar-refractivity contribution in [2.75, 3.05) is 5.75 Å². The molecule has 4 aromatic rings. The summed E-state index contributed by atoms with van der Waals surface area (Å²) in [7, 11) is 0. The smallest absolute Gasteiger partial charge is 0.402 e. The molecular formula is C29H26F3N3O2S. The van der Waals surface area contributed by atoms with Gasteiger partial charge in [-0.1, -0.05) is 37.3 Å². The maximum absolute atomic E-state index is 15.4. The van der Waals surface area contributed by atoms with Crippen LogP contribution in [0, 0.1) is 0 Å². The number of para-hydroxylation sites is 1.